The first-order chi connectivity index (χ1) is 9.74. The van der Waals surface area contributed by atoms with Gasteiger partial charge in [-0.1, -0.05) is 6.92 Å². The minimum absolute atomic E-state index is 0.0752. The van der Waals surface area contributed by atoms with Gasteiger partial charge < -0.3 is 15.0 Å². The molecule has 1 heterocycles. The molecule has 21 heavy (non-hydrogen) atoms. The molecule has 1 aliphatic rings. The van der Waals surface area contributed by atoms with Gasteiger partial charge in [0.1, 0.15) is 12.6 Å². The van der Waals surface area contributed by atoms with Crippen LogP contribution in [0.25, 0.3) is 0 Å². The first-order valence-electron chi connectivity index (χ1n) is 6.99. The molecule has 0 aromatic heterocycles. The third-order valence-corrected chi connectivity index (χ3v) is 3.29. The molecule has 1 N–H and O–H groups in total. The number of carbonyl (C=O) groups is 2. The van der Waals surface area contributed by atoms with E-state index >= 15 is 0 Å². The Labute approximate surface area is 121 Å². The van der Waals surface area contributed by atoms with Crippen molar-refractivity contribution in [2.75, 3.05) is 19.8 Å². The van der Waals surface area contributed by atoms with E-state index in [1.165, 1.54) is 0 Å². The molecule has 8 heteroatoms. The fourth-order valence-electron chi connectivity index (χ4n) is 2.24. The molecule has 122 valence electrons. The van der Waals surface area contributed by atoms with E-state index in [4.69, 9.17) is 0 Å². The van der Waals surface area contributed by atoms with Crippen LogP contribution in [-0.4, -0.2) is 54.7 Å². The Hall–Kier alpha value is -1.31. The quantitative estimate of drug-likeness (QED) is 0.756. The molecular formula is C13H21F3N2O3. The van der Waals surface area contributed by atoms with Gasteiger partial charge >= 0.3 is 6.18 Å². The molecule has 0 aliphatic carbocycles. The molecule has 1 saturated heterocycles. The number of ether oxygens (including phenoxy) is 1. The summed E-state index contributed by atoms with van der Waals surface area (Å²) < 4.78 is 40.3. The Morgan fingerprint density at radius 2 is 2.05 bits per heavy atom. The van der Waals surface area contributed by atoms with Crippen molar-refractivity contribution in [3.8, 4) is 0 Å². The van der Waals surface area contributed by atoms with Crippen molar-refractivity contribution in [2.24, 2.45) is 0 Å². The second-order valence-electron chi connectivity index (χ2n) is 5.13. The van der Waals surface area contributed by atoms with Crippen molar-refractivity contribution in [2.45, 2.75) is 51.4 Å². The van der Waals surface area contributed by atoms with Crippen molar-refractivity contribution in [3.05, 3.63) is 0 Å². The van der Waals surface area contributed by atoms with Crippen molar-refractivity contribution in [1.82, 2.24) is 10.2 Å². The maximum atomic E-state index is 12.2. The third kappa shape index (κ3) is 5.91. The van der Waals surface area contributed by atoms with Crippen LogP contribution in [0.4, 0.5) is 13.2 Å². The highest BCUT2D eigenvalue weighted by Gasteiger charge is 2.32. The molecule has 2 atom stereocenters. The number of hydrogen-bond acceptors (Lipinski definition) is 3. The first-order valence-corrected chi connectivity index (χ1v) is 6.99. The van der Waals surface area contributed by atoms with E-state index in [9.17, 15) is 22.8 Å². The van der Waals surface area contributed by atoms with E-state index in [1.54, 1.807) is 18.7 Å². The van der Waals surface area contributed by atoms with Crippen molar-refractivity contribution in [1.29, 1.82) is 0 Å². The minimum Gasteiger partial charge on any atom is -0.372 e. The summed E-state index contributed by atoms with van der Waals surface area (Å²) in [7, 11) is 0. The summed E-state index contributed by atoms with van der Waals surface area (Å²) in [5.41, 5.74) is 0. The lowest BCUT2D eigenvalue weighted by Crippen LogP contribution is -2.46. The van der Waals surface area contributed by atoms with E-state index < -0.39 is 18.8 Å². The normalized spacial score (nSPS) is 24.0. The number of hydrogen-bond donors (Lipinski definition) is 1. The van der Waals surface area contributed by atoms with Gasteiger partial charge in [-0.05, 0) is 19.8 Å². The number of amides is 2. The highest BCUT2D eigenvalue weighted by Crippen LogP contribution is 2.16. The molecule has 0 bridgehead atoms. The average molecular weight is 310 g/mol. The van der Waals surface area contributed by atoms with Crippen LogP contribution in [0.15, 0.2) is 0 Å². The number of alkyl halides is 3. The Bertz CT molecular complexity index is 374. The summed E-state index contributed by atoms with van der Waals surface area (Å²) in [5.74, 6) is -0.370. The summed E-state index contributed by atoms with van der Waals surface area (Å²) in [6.07, 6.45) is -3.35. The Morgan fingerprint density at radius 1 is 1.38 bits per heavy atom. The summed E-state index contributed by atoms with van der Waals surface area (Å²) in [6, 6.07) is -0.824. The molecule has 1 aliphatic heterocycles. The van der Waals surface area contributed by atoms with E-state index in [0.29, 0.717) is 12.8 Å². The van der Waals surface area contributed by atoms with Gasteiger partial charge in [-0.3, -0.25) is 9.59 Å². The molecule has 0 aromatic carbocycles. The SMILES string of the molecule is CCC1NC(=O)CC(C)N(CCCOCC(F)(F)F)C1=O. The number of rotatable bonds is 6. The van der Waals surface area contributed by atoms with Gasteiger partial charge in [-0.2, -0.15) is 13.2 Å². The predicted molar refractivity (Wildman–Crippen MR) is 69.5 cm³/mol. The van der Waals surface area contributed by atoms with Gasteiger partial charge in [0.2, 0.25) is 11.8 Å². The van der Waals surface area contributed by atoms with Gasteiger partial charge in [0.15, 0.2) is 0 Å². The van der Waals surface area contributed by atoms with Crippen LogP contribution in [0.5, 0.6) is 0 Å². The van der Waals surface area contributed by atoms with Crippen molar-refractivity contribution in [3.63, 3.8) is 0 Å². The summed E-state index contributed by atoms with van der Waals surface area (Å²) in [5, 5.41) is 2.65. The maximum Gasteiger partial charge on any atom is 0.411 e. The van der Waals surface area contributed by atoms with E-state index in [2.05, 4.69) is 10.1 Å². The Balaban J connectivity index is 2.47. The maximum absolute atomic E-state index is 12.2. The predicted octanol–water partition coefficient (Wildman–Crippen LogP) is 1.47. The zero-order valence-corrected chi connectivity index (χ0v) is 12.2. The zero-order valence-electron chi connectivity index (χ0n) is 12.2. The molecule has 0 spiro atoms. The van der Waals surface area contributed by atoms with Gasteiger partial charge in [0.25, 0.3) is 0 Å². The summed E-state index contributed by atoms with van der Waals surface area (Å²) in [4.78, 5) is 25.4. The second-order valence-corrected chi connectivity index (χ2v) is 5.13. The fraction of sp³-hybridized carbons (Fsp3) is 0.846. The second kappa shape index (κ2) is 7.63. The monoisotopic (exact) mass is 310 g/mol. The number of carbonyl (C=O) groups excluding carboxylic acids is 2. The van der Waals surface area contributed by atoms with E-state index in [1.807, 2.05) is 0 Å². The van der Waals surface area contributed by atoms with E-state index in [0.717, 1.165) is 0 Å². The van der Waals surface area contributed by atoms with Crippen LogP contribution in [0.1, 0.15) is 33.1 Å². The van der Waals surface area contributed by atoms with Gasteiger partial charge in [-0.25, -0.2) is 0 Å². The fourth-order valence-corrected chi connectivity index (χ4v) is 2.24. The molecule has 0 radical (unpaired) electrons. The van der Waals surface area contributed by atoms with Gasteiger partial charge in [0, 0.05) is 25.6 Å². The highest BCUT2D eigenvalue weighted by atomic mass is 19.4. The Kier molecular flexibility index (Phi) is 6.44. The average Bonchev–Trinajstić information content (AvgIpc) is 2.46. The number of nitrogens with zero attached hydrogens (tertiary/aromatic N) is 1. The highest BCUT2D eigenvalue weighted by molar-refractivity contribution is 5.90. The van der Waals surface area contributed by atoms with Gasteiger partial charge in [0.05, 0.1) is 0 Å². The first kappa shape index (κ1) is 17.7. The lowest BCUT2D eigenvalue weighted by atomic mass is 10.1. The molecule has 1 rings (SSSR count). The molecule has 1 fully saturated rings. The van der Waals surface area contributed by atoms with Crippen LogP contribution in [0.2, 0.25) is 0 Å². The van der Waals surface area contributed by atoms with Crippen molar-refractivity contribution < 1.29 is 27.5 Å². The molecule has 2 amide bonds. The van der Waals surface area contributed by atoms with Crippen LogP contribution < -0.4 is 5.32 Å². The largest absolute Gasteiger partial charge is 0.411 e. The van der Waals surface area contributed by atoms with Gasteiger partial charge in [-0.15, -0.1) is 0 Å². The van der Waals surface area contributed by atoms with Crippen LogP contribution in [-0.2, 0) is 14.3 Å². The van der Waals surface area contributed by atoms with E-state index in [-0.39, 0.29) is 37.4 Å². The summed E-state index contributed by atoms with van der Waals surface area (Å²) >= 11 is 0. The lowest BCUT2D eigenvalue weighted by molar-refractivity contribution is -0.174. The van der Waals surface area contributed by atoms with Crippen LogP contribution in [0, 0.1) is 0 Å². The lowest BCUT2D eigenvalue weighted by Gasteiger charge is -2.28. The smallest absolute Gasteiger partial charge is 0.372 e. The molecular weight excluding hydrogens is 289 g/mol. The zero-order chi connectivity index (χ0) is 16.0. The summed E-state index contributed by atoms with van der Waals surface area (Å²) in [6.45, 7) is 2.47. The molecule has 0 saturated carbocycles. The minimum atomic E-state index is -4.34. The van der Waals surface area contributed by atoms with Crippen LogP contribution >= 0.6 is 0 Å². The number of nitrogens with one attached hydrogen (secondary N) is 1. The van der Waals surface area contributed by atoms with Crippen molar-refractivity contribution >= 4 is 11.8 Å². The molecule has 0 aromatic rings. The standard InChI is InChI=1S/C13H21F3N2O3/c1-3-10-12(20)18(9(2)7-11(19)17-10)5-4-6-21-8-13(14,15)16/h9-10H,3-8H2,1-2H3,(H,17,19). The molecule has 2 unspecified atom stereocenters. The Morgan fingerprint density at radius 3 is 2.62 bits per heavy atom. The topological polar surface area (TPSA) is 58.6 Å². The number of halogens is 3. The van der Waals surface area contributed by atoms with Crippen LogP contribution in [0.3, 0.4) is 0 Å². The molecule has 5 nitrogen and oxygen atoms in total. The third-order valence-electron chi connectivity index (χ3n) is 3.29.